The van der Waals surface area contributed by atoms with E-state index in [1.807, 2.05) is 0 Å². The van der Waals surface area contributed by atoms with E-state index < -0.39 is 28.0 Å². The SMILES string of the molecule is C[C@H](OC(=O)c1cccc(S(=O)(=O)N2CCCCC2)c1)C(N)=O. The molecule has 8 heteroatoms. The third-order valence-corrected chi connectivity index (χ3v) is 5.60. The van der Waals surface area contributed by atoms with E-state index in [1.54, 1.807) is 0 Å². The summed E-state index contributed by atoms with van der Waals surface area (Å²) in [6.45, 7) is 2.32. The average Bonchev–Trinajstić information content (AvgIpc) is 2.55. The molecule has 1 fully saturated rings. The molecule has 0 aromatic heterocycles. The van der Waals surface area contributed by atoms with Crippen LogP contribution in [0.5, 0.6) is 0 Å². The van der Waals surface area contributed by atoms with Crippen molar-refractivity contribution in [1.82, 2.24) is 4.31 Å². The molecular formula is C15H20N2O5S. The molecule has 0 spiro atoms. The molecular weight excluding hydrogens is 320 g/mol. The van der Waals surface area contributed by atoms with E-state index in [4.69, 9.17) is 10.5 Å². The Labute approximate surface area is 135 Å². The first-order valence-electron chi connectivity index (χ1n) is 7.43. The van der Waals surface area contributed by atoms with Gasteiger partial charge in [-0.05, 0) is 38.0 Å². The smallest absolute Gasteiger partial charge is 0.338 e. The van der Waals surface area contributed by atoms with Crippen LogP contribution >= 0.6 is 0 Å². The molecule has 0 unspecified atom stereocenters. The van der Waals surface area contributed by atoms with E-state index in [-0.39, 0.29) is 10.5 Å². The first-order valence-corrected chi connectivity index (χ1v) is 8.87. The number of carbonyl (C=O) groups is 2. The van der Waals surface area contributed by atoms with Gasteiger partial charge in [-0.1, -0.05) is 12.5 Å². The number of amides is 1. The minimum absolute atomic E-state index is 0.0422. The Morgan fingerprint density at radius 2 is 1.87 bits per heavy atom. The molecule has 126 valence electrons. The van der Waals surface area contributed by atoms with Crippen LogP contribution in [0.3, 0.4) is 0 Å². The van der Waals surface area contributed by atoms with Crippen molar-refractivity contribution in [2.45, 2.75) is 37.2 Å². The van der Waals surface area contributed by atoms with Gasteiger partial charge in [-0.15, -0.1) is 0 Å². The summed E-state index contributed by atoms with van der Waals surface area (Å²) in [5, 5.41) is 0. The summed E-state index contributed by atoms with van der Waals surface area (Å²) in [6.07, 6.45) is 1.60. The van der Waals surface area contributed by atoms with E-state index in [9.17, 15) is 18.0 Å². The van der Waals surface area contributed by atoms with E-state index in [1.165, 1.54) is 35.5 Å². The second kappa shape index (κ2) is 7.10. The normalized spacial score (nSPS) is 17.4. The molecule has 1 aliphatic rings. The average molecular weight is 340 g/mol. The molecule has 2 N–H and O–H groups in total. The summed E-state index contributed by atoms with van der Waals surface area (Å²) in [5.41, 5.74) is 5.11. The number of piperidine rings is 1. The number of hydrogen-bond donors (Lipinski definition) is 1. The molecule has 7 nitrogen and oxygen atoms in total. The minimum atomic E-state index is -3.63. The van der Waals surface area contributed by atoms with E-state index in [0.717, 1.165) is 19.3 Å². The van der Waals surface area contributed by atoms with Gasteiger partial charge in [0.25, 0.3) is 5.91 Å². The Kier molecular flexibility index (Phi) is 5.38. The topological polar surface area (TPSA) is 107 Å². The van der Waals surface area contributed by atoms with Crippen molar-refractivity contribution < 1.29 is 22.7 Å². The molecule has 1 aromatic carbocycles. The number of nitrogens with two attached hydrogens (primary N) is 1. The lowest BCUT2D eigenvalue weighted by molar-refractivity contribution is -0.125. The van der Waals surface area contributed by atoms with Crippen molar-refractivity contribution >= 4 is 21.9 Å². The highest BCUT2D eigenvalue weighted by Gasteiger charge is 2.27. The summed E-state index contributed by atoms with van der Waals surface area (Å²) in [4.78, 5) is 23.0. The first-order chi connectivity index (χ1) is 10.8. The van der Waals surface area contributed by atoms with Gasteiger partial charge in [0.2, 0.25) is 10.0 Å². The molecule has 1 saturated heterocycles. The van der Waals surface area contributed by atoms with Crippen LogP contribution in [0.2, 0.25) is 0 Å². The fourth-order valence-corrected chi connectivity index (χ4v) is 3.89. The van der Waals surface area contributed by atoms with Crippen molar-refractivity contribution in [3.8, 4) is 0 Å². The summed E-state index contributed by atoms with van der Waals surface area (Å²) >= 11 is 0. The lowest BCUT2D eigenvalue weighted by atomic mass is 10.2. The number of rotatable bonds is 5. The van der Waals surface area contributed by atoms with Crippen LogP contribution < -0.4 is 5.73 Å². The van der Waals surface area contributed by atoms with Gasteiger partial charge in [-0.25, -0.2) is 13.2 Å². The number of nitrogens with zero attached hydrogens (tertiary/aromatic N) is 1. The second-order valence-corrected chi connectivity index (χ2v) is 7.38. The van der Waals surface area contributed by atoms with Gasteiger partial charge in [0.1, 0.15) is 0 Å². The highest BCUT2D eigenvalue weighted by molar-refractivity contribution is 7.89. The highest BCUT2D eigenvalue weighted by Crippen LogP contribution is 2.21. The molecule has 1 atom stereocenters. The Morgan fingerprint density at radius 1 is 1.22 bits per heavy atom. The number of carbonyl (C=O) groups excluding carboxylic acids is 2. The fourth-order valence-electron chi connectivity index (χ4n) is 2.32. The Hall–Kier alpha value is -1.93. The molecule has 1 heterocycles. The van der Waals surface area contributed by atoms with Crippen molar-refractivity contribution in [2.24, 2.45) is 5.73 Å². The zero-order chi connectivity index (χ0) is 17.0. The predicted octanol–water partition coefficient (Wildman–Crippen LogP) is 0.892. The summed E-state index contributed by atoms with van der Waals surface area (Å²) in [6, 6.07) is 5.62. The maximum atomic E-state index is 12.6. The Balaban J connectivity index is 2.22. The summed E-state index contributed by atoms with van der Waals surface area (Å²) in [5.74, 6) is -1.55. The van der Waals surface area contributed by atoms with Gasteiger partial charge in [0, 0.05) is 13.1 Å². The predicted molar refractivity (Wildman–Crippen MR) is 83.1 cm³/mol. The zero-order valence-electron chi connectivity index (χ0n) is 12.9. The van der Waals surface area contributed by atoms with Crippen LogP contribution in [0.15, 0.2) is 29.2 Å². The second-order valence-electron chi connectivity index (χ2n) is 5.44. The zero-order valence-corrected chi connectivity index (χ0v) is 13.7. The van der Waals surface area contributed by atoms with Crippen LogP contribution in [0.25, 0.3) is 0 Å². The molecule has 0 aliphatic carbocycles. The quantitative estimate of drug-likeness (QED) is 0.801. The fraction of sp³-hybridized carbons (Fsp3) is 0.467. The Morgan fingerprint density at radius 3 is 2.48 bits per heavy atom. The highest BCUT2D eigenvalue weighted by atomic mass is 32.2. The van der Waals surface area contributed by atoms with E-state index in [2.05, 4.69) is 0 Å². The third-order valence-electron chi connectivity index (χ3n) is 3.71. The van der Waals surface area contributed by atoms with Gasteiger partial charge >= 0.3 is 5.97 Å². The van der Waals surface area contributed by atoms with Crippen molar-refractivity contribution in [2.75, 3.05) is 13.1 Å². The molecule has 1 amide bonds. The molecule has 1 aromatic rings. The van der Waals surface area contributed by atoms with Gasteiger partial charge in [-0.2, -0.15) is 4.31 Å². The van der Waals surface area contributed by atoms with Gasteiger partial charge in [0.05, 0.1) is 10.5 Å². The van der Waals surface area contributed by atoms with Crippen LogP contribution in [-0.2, 0) is 19.6 Å². The number of hydrogen-bond acceptors (Lipinski definition) is 5. The van der Waals surface area contributed by atoms with Crippen LogP contribution in [0, 0.1) is 0 Å². The van der Waals surface area contributed by atoms with Crippen molar-refractivity contribution in [3.63, 3.8) is 0 Å². The van der Waals surface area contributed by atoms with E-state index in [0.29, 0.717) is 13.1 Å². The molecule has 0 saturated carbocycles. The number of sulfonamides is 1. The molecule has 1 aliphatic heterocycles. The monoisotopic (exact) mass is 340 g/mol. The molecule has 0 bridgehead atoms. The number of esters is 1. The minimum Gasteiger partial charge on any atom is -0.449 e. The Bertz CT molecular complexity index is 696. The van der Waals surface area contributed by atoms with Crippen LogP contribution in [0.4, 0.5) is 0 Å². The molecule has 0 radical (unpaired) electrons. The largest absolute Gasteiger partial charge is 0.449 e. The maximum Gasteiger partial charge on any atom is 0.338 e. The van der Waals surface area contributed by atoms with Gasteiger partial charge in [-0.3, -0.25) is 4.79 Å². The third kappa shape index (κ3) is 4.08. The van der Waals surface area contributed by atoms with Crippen molar-refractivity contribution in [1.29, 1.82) is 0 Å². The first kappa shape index (κ1) is 17.4. The maximum absolute atomic E-state index is 12.6. The van der Waals surface area contributed by atoms with Gasteiger partial charge in [0.15, 0.2) is 6.10 Å². The molecule has 2 rings (SSSR count). The van der Waals surface area contributed by atoms with E-state index >= 15 is 0 Å². The number of ether oxygens (including phenoxy) is 1. The lowest BCUT2D eigenvalue weighted by Crippen LogP contribution is -2.35. The van der Waals surface area contributed by atoms with Gasteiger partial charge < -0.3 is 10.5 Å². The van der Waals surface area contributed by atoms with Crippen molar-refractivity contribution in [3.05, 3.63) is 29.8 Å². The lowest BCUT2D eigenvalue weighted by Gasteiger charge is -2.26. The summed E-state index contributed by atoms with van der Waals surface area (Å²) in [7, 11) is -3.63. The van der Waals surface area contributed by atoms with Crippen LogP contribution in [0.1, 0.15) is 36.5 Å². The van der Waals surface area contributed by atoms with Crippen LogP contribution in [-0.4, -0.2) is 43.8 Å². The molecule has 23 heavy (non-hydrogen) atoms. The number of benzene rings is 1. The number of primary amides is 1. The summed E-state index contributed by atoms with van der Waals surface area (Å²) < 4.78 is 31.5. The standard InChI is InChI=1S/C15H20N2O5S/c1-11(14(16)18)22-15(19)12-6-5-7-13(10-12)23(20,21)17-8-3-2-4-9-17/h5-7,10-11H,2-4,8-9H2,1H3,(H2,16,18)/t11-/m0/s1.